The summed E-state index contributed by atoms with van der Waals surface area (Å²) in [6.45, 7) is 3.05. The minimum atomic E-state index is -1.52. The number of aryl methyl sites for hydroxylation is 2. The number of carbonyl (C=O) groups excluding carboxylic acids is 1. The van der Waals surface area contributed by atoms with Gasteiger partial charge in [-0.15, -0.1) is 20.5 Å². The third-order valence-corrected chi connectivity index (χ3v) is 8.65. The van der Waals surface area contributed by atoms with Gasteiger partial charge in [0.05, 0.1) is 46.3 Å². The van der Waals surface area contributed by atoms with Gasteiger partial charge in [0.25, 0.3) is 18.4 Å². The molecule has 2 aromatic carbocycles. The number of azo groups is 2. The Morgan fingerprint density at radius 2 is 1.14 bits per heavy atom. The van der Waals surface area contributed by atoms with E-state index in [1.165, 1.54) is 38.2 Å². The fraction of sp³-hybridized carbons (Fsp3) is 0.0571. The van der Waals surface area contributed by atoms with Crippen LogP contribution in [-0.4, -0.2) is 98.9 Å². The van der Waals surface area contributed by atoms with Crippen molar-refractivity contribution >= 4 is 59.0 Å². The van der Waals surface area contributed by atoms with Crippen LogP contribution < -0.4 is 16.2 Å². The maximum absolute atomic E-state index is 11.8. The van der Waals surface area contributed by atoms with Crippen molar-refractivity contribution in [3.05, 3.63) is 88.0 Å². The molecule has 7 rings (SSSR count). The smallest absolute Gasteiger partial charge is 0.339 e. The van der Waals surface area contributed by atoms with Crippen LogP contribution in [-0.2, 0) is 4.79 Å². The number of nitrogen functional groups attached to an aromatic ring is 2. The lowest BCUT2D eigenvalue weighted by Crippen LogP contribution is -2.13. The van der Waals surface area contributed by atoms with Gasteiger partial charge in [0, 0.05) is 6.07 Å². The normalized spacial score (nSPS) is 11.2. The molecule has 28 heteroatoms. The maximum atomic E-state index is 11.8. The summed E-state index contributed by atoms with van der Waals surface area (Å²) in [5, 5.41) is 92.0. The molecule has 7 aromatic rings. The molecule has 0 aliphatic rings. The van der Waals surface area contributed by atoms with Gasteiger partial charge in [0.2, 0.25) is 0 Å². The fourth-order valence-electron chi connectivity index (χ4n) is 5.76. The van der Waals surface area contributed by atoms with Crippen LogP contribution in [0.25, 0.3) is 23.3 Å². The lowest BCUT2D eigenvalue weighted by Gasteiger charge is -2.08. The number of benzene rings is 2. The zero-order chi connectivity index (χ0) is 45.3. The number of carboxylic acids is 3. The van der Waals surface area contributed by atoms with Crippen molar-refractivity contribution in [2.24, 2.45) is 20.5 Å². The Balaban J connectivity index is 1.21. The number of hydrogen-bond donors (Lipinski definition) is 6. The first kappa shape index (κ1) is 40.9. The molecule has 63 heavy (non-hydrogen) atoms. The number of ether oxygens (including phenoxy) is 1. The van der Waals surface area contributed by atoms with Gasteiger partial charge in [-0.25, -0.2) is 23.7 Å². The number of anilines is 2. The quantitative estimate of drug-likeness (QED) is 0.0715. The standard InChI is InChI=1S/C35H23N19O9/c1-14-24(45-47-28-16(9-36)11-40-51(28)18-3-5-20(30(56)57)22(7-18)32(60)61)26(38)53(49-14)33-42-34(44-35(62)43-33)54-27(39)25(15(2)50-54)46-48-29-17(10-37)12-41-52(29)19-4-6-21(31(58)59)23(8-19)63-13-55/h3-8,11-13H,38-39H2,1-2H3,(H,56,57)(H,58,59)(H,60,61)(H,42,43,44,62). The first-order valence-electron chi connectivity index (χ1n) is 17.2. The van der Waals surface area contributed by atoms with E-state index in [2.05, 4.69) is 55.8 Å². The Bertz CT molecular complexity index is 3220. The number of aromatic hydroxyl groups is 1. The predicted octanol–water partition coefficient (Wildman–Crippen LogP) is 3.31. The van der Waals surface area contributed by atoms with Crippen LogP contribution in [0.4, 0.5) is 34.6 Å². The molecule has 0 aliphatic carbocycles. The van der Waals surface area contributed by atoms with Gasteiger partial charge < -0.3 is 36.6 Å². The molecule has 0 saturated carbocycles. The lowest BCUT2D eigenvalue weighted by molar-refractivity contribution is -0.120. The predicted molar refractivity (Wildman–Crippen MR) is 207 cm³/mol. The Kier molecular flexibility index (Phi) is 10.5. The van der Waals surface area contributed by atoms with Gasteiger partial charge in [-0.2, -0.15) is 55.2 Å². The van der Waals surface area contributed by atoms with E-state index < -0.39 is 35.0 Å². The van der Waals surface area contributed by atoms with E-state index in [0.29, 0.717) is 0 Å². The second-order valence-corrected chi connectivity index (χ2v) is 12.4. The number of carbonyl (C=O) groups is 4. The lowest BCUT2D eigenvalue weighted by atomic mass is 10.1. The van der Waals surface area contributed by atoms with E-state index in [1.807, 2.05) is 12.1 Å². The maximum Gasteiger partial charge on any atom is 0.339 e. The third kappa shape index (κ3) is 7.49. The van der Waals surface area contributed by atoms with Crippen LogP contribution in [0.15, 0.2) is 69.2 Å². The molecule has 0 unspecified atom stereocenters. The second-order valence-electron chi connectivity index (χ2n) is 12.4. The Labute approximate surface area is 348 Å². The summed E-state index contributed by atoms with van der Waals surface area (Å²) < 4.78 is 8.99. The highest BCUT2D eigenvalue weighted by Gasteiger charge is 2.24. The van der Waals surface area contributed by atoms with Crippen LogP contribution in [0.5, 0.6) is 11.8 Å². The van der Waals surface area contributed by atoms with Gasteiger partial charge in [-0.1, -0.05) is 0 Å². The zero-order valence-electron chi connectivity index (χ0n) is 31.8. The number of hydrogen-bond acceptors (Lipinski definition) is 21. The van der Waals surface area contributed by atoms with Crippen LogP contribution in [0.1, 0.15) is 53.6 Å². The molecule has 28 nitrogen and oxygen atoms in total. The summed E-state index contributed by atoms with van der Waals surface area (Å²) in [6, 6.07) is 10.0. The van der Waals surface area contributed by atoms with Crippen LogP contribution in [0, 0.1) is 36.5 Å². The largest absolute Gasteiger partial charge is 0.479 e. The summed E-state index contributed by atoms with van der Waals surface area (Å²) in [6.07, 6.45) is 2.31. The Morgan fingerprint density at radius 1 is 0.683 bits per heavy atom. The van der Waals surface area contributed by atoms with Crippen molar-refractivity contribution < 1.29 is 44.3 Å². The van der Waals surface area contributed by atoms with Crippen LogP contribution >= 0.6 is 0 Å². The third-order valence-electron chi connectivity index (χ3n) is 8.65. The highest BCUT2D eigenvalue weighted by atomic mass is 16.5. The number of nitrogens with two attached hydrogens (primary N) is 2. The van der Waals surface area contributed by atoms with Gasteiger partial charge in [-0.3, -0.25) is 4.79 Å². The van der Waals surface area contributed by atoms with Gasteiger partial charge in [-0.05, 0) is 44.2 Å². The molecule has 8 N–H and O–H groups in total. The molecule has 0 fully saturated rings. The van der Waals surface area contributed by atoms with Crippen molar-refractivity contribution in [2.45, 2.75) is 13.8 Å². The van der Waals surface area contributed by atoms with Crippen molar-refractivity contribution in [3.63, 3.8) is 0 Å². The van der Waals surface area contributed by atoms with Crippen molar-refractivity contribution in [2.75, 3.05) is 11.5 Å². The highest BCUT2D eigenvalue weighted by Crippen LogP contribution is 2.35. The zero-order valence-corrected chi connectivity index (χ0v) is 31.8. The summed E-state index contributed by atoms with van der Waals surface area (Å²) >= 11 is 0. The van der Waals surface area contributed by atoms with E-state index in [4.69, 9.17) is 16.2 Å². The van der Waals surface area contributed by atoms with E-state index in [9.17, 15) is 50.1 Å². The molecular weight excluding hydrogens is 831 g/mol. The van der Waals surface area contributed by atoms with Gasteiger partial charge in [0.15, 0.2) is 34.6 Å². The molecule has 0 bridgehead atoms. The number of rotatable bonds is 13. The van der Waals surface area contributed by atoms with E-state index in [1.54, 1.807) is 0 Å². The van der Waals surface area contributed by atoms with Crippen molar-refractivity contribution in [3.8, 4) is 47.2 Å². The van der Waals surface area contributed by atoms with Gasteiger partial charge in [0.1, 0.15) is 34.6 Å². The molecule has 312 valence electrons. The summed E-state index contributed by atoms with van der Waals surface area (Å²) in [5.74, 6) is -6.10. The monoisotopic (exact) mass is 853 g/mol. The first-order valence-corrected chi connectivity index (χ1v) is 17.2. The summed E-state index contributed by atoms with van der Waals surface area (Å²) in [5.41, 5.74) is 11.7. The molecule has 0 aliphatic heterocycles. The van der Waals surface area contributed by atoms with Crippen molar-refractivity contribution in [1.82, 2.24) is 54.1 Å². The number of nitrogens with zero attached hydrogens (tertiary/aromatic N) is 17. The minimum Gasteiger partial charge on any atom is -0.479 e. The molecule has 5 heterocycles. The average molecular weight is 854 g/mol. The number of nitriles is 2. The van der Waals surface area contributed by atoms with Gasteiger partial charge >= 0.3 is 23.9 Å². The second kappa shape index (κ2) is 16.2. The van der Waals surface area contributed by atoms with E-state index in [0.717, 1.165) is 43.1 Å². The van der Waals surface area contributed by atoms with Crippen LogP contribution in [0.2, 0.25) is 0 Å². The topological polar surface area (TPSA) is 417 Å². The highest BCUT2D eigenvalue weighted by molar-refractivity contribution is 6.02. The molecule has 0 amide bonds. The molecule has 0 spiro atoms. The fourth-order valence-corrected chi connectivity index (χ4v) is 5.76. The van der Waals surface area contributed by atoms with E-state index >= 15 is 0 Å². The molecule has 0 saturated heterocycles. The number of aromatic nitrogens is 11. The first-order chi connectivity index (χ1) is 30.1. The Hall–Kier alpha value is -10.3. The summed E-state index contributed by atoms with van der Waals surface area (Å²) in [4.78, 5) is 58.1. The summed E-state index contributed by atoms with van der Waals surface area (Å²) in [7, 11) is 0. The number of aromatic carboxylic acids is 3. The molecule has 5 aromatic heterocycles. The van der Waals surface area contributed by atoms with Crippen LogP contribution in [0.3, 0.4) is 0 Å². The number of carboxylic acid groups (broad SMARTS) is 3. The SMILES string of the molecule is Cc1nn(-c2nc(O)nc(-n3nc(C)c(N=Nc4c(C#N)cnn4-c4ccc(C(=O)O)c(C(=O)O)c4)c3N)n2)c(N)c1N=Nc1c(C#N)cnn1-c1ccc(C(=O)O)c(OC=O)c1. The molecular formula is C35H23N19O9. The molecule has 0 atom stereocenters. The average Bonchev–Trinajstić information content (AvgIpc) is 4.01. The van der Waals surface area contributed by atoms with E-state index in [-0.39, 0.29) is 98.2 Å². The minimum absolute atomic E-state index is 0.0376. The Morgan fingerprint density at radius 3 is 1.59 bits per heavy atom. The van der Waals surface area contributed by atoms with Crippen molar-refractivity contribution in [1.29, 1.82) is 10.5 Å². The molecule has 0 radical (unpaired) electrons.